The van der Waals surface area contributed by atoms with Gasteiger partial charge >= 0.3 is 0 Å². The van der Waals surface area contributed by atoms with Crippen molar-refractivity contribution in [2.75, 3.05) is 32.8 Å². The minimum Gasteiger partial charge on any atom is -0.379 e. The normalized spacial score (nSPS) is 22.4. The molecule has 3 rings (SSSR count). The summed E-state index contributed by atoms with van der Waals surface area (Å²) in [5.74, 6) is 0.699. The van der Waals surface area contributed by atoms with Gasteiger partial charge in [-0.25, -0.2) is 0 Å². The number of amides is 1. The number of hydrogen-bond donors (Lipinski definition) is 0. The van der Waals surface area contributed by atoms with Gasteiger partial charge in [-0.1, -0.05) is 30.7 Å². The van der Waals surface area contributed by atoms with Gasteiger partial charge in [0, 0.05) is 25.7 Å². The first kappa shape index (κ1) is 15.2. The largest absolute Gasteiger partial charge is 0.379 e. The van der Waals surface area contributed by atoms with E-state index in [2.05, 4.69) is 23.1 Å². The van der Waals surface area contributed by atoms with Gasteiger partial charge < -0.3 is 14.2 Å². The van der Waals surface area contributed by atoms with Gasteiger partial charge in [0.15, 0.2) is 11.5 Å². The Kier molecular flexibility index (Phi) is 4.90. The van der Waals surface area contributed by atoms with E-state index >= 15 is 0 Å². The molecular weight excluding hydrogens is 282 g/mol. The predicted octanol–water partition coefficient (Wildman–Crippen LogP) is 1.69. The third-order valence-corrected chi connectivity index (χ3v) is 4.17. The van der Waals surface area contributed by atoms with Gasteiger partial charge in [0.25, 0.3) is 5.91 Å². The molecule has 1 atom stereocenters. The Labute approximate surface area is 130 Å². The molecule has 0 N–H and O–H groups in total. The predicted molar refractivity (Wildman–Crippen MR) is 81.5 cm³/mol. The molecule has 1 aromatic rings. The zero-order valence-electron chi connectivity index (χ0n) is 13.0. The van der Waals surface area contributed by atoms with Crippen LogP contribution in [0.5, 0.6) is 0 Å². The van der Waals surface area contributed by atoms with Crippen molar-refractivity contribution in [1.29, 1.82) is 0 Å². The number of carbonyl (C=O) groups is 1. The Bertz CT molecular complexity index is 534. The van der Waals surface area contributed by atoms with Crippen LogP contribution in [0.4, 0.5) is 0 Å². The van der Waals surface area contributed by atoms with Crippen LogP contribution in [0, 0.1) is 0 Å². The van der Waals surface area contributed by atoms with Crippen molar-refractivity contribution in [1.82, 2.24) is 15.0 Å². The molecule has 1 fully saturated rings. The van der Waals surface area contributed by atoms with Crippen molar-refractivity contribution in [3.63, 3.8) is 0 Å². The molecule has 0 spiro atoms. The summed E-state index contributed by atoms with van der Waals surface area (Å²) in [6.45, 7) is 6.74. The summed E-state index contributed by atoms with van der Waals surface area (Å²) in [6, 6.07) is 1.97. The molecule has 6 nitrogen and oxygen atoms in total. The first-order valence-electron chi connectivity index (χ1n) is 8.01. The number of aromatic nitrogens is 1. The lowest BCUT2D eigenvalue weighted by atomic mass is 10.1. The van der Waals surface area contributed by atoms with E-state index < -0.39 is 0 Å². The summed E-state index contributed by atoms with van der Waals surface area (Å²) in [6.07, 6.45) is 6.20. The van der Waals surface area contributed by atoms with E-state index in [0.29, 0.717) is 18.8 Å². The Morgan fingerprint density at radius 3 is 3.00 bits per heavy atom. The molecule has 3 heterocycles. The van der Waals surface area contributed by atoms with Gasteiger partial charge in [0.1, 0.15) is 0 Å². The molecule has 1 saturated heterocycles. The maximum Gasteiger partial charge on any atom is 0.276 e. The second kappa shape index (κ2) is 7.07. The number of morpholine rings is 1. The van der Waals surface area contributed by atoms with Crippen LogP contribution in [0.15, 0.2) is 22.7 Å². The third-order valence-electron chi connectivity index (χ3n) is 4.17. The van der Waals surface area contributed by atoms with Gasteiger partial charge in [0.2, 0.25) is 0 Å². The maximum atomic E-state index is 12.6. The van der Waals surface area contributed by atoms with Crippen LogP contribution in [0.25, 0.3) is 0 Å². The molecule has 0 bridgehead atoms. The molecular formula is C16H23N3O3. The van der Waals surface area contributed by atoms with Gasteiger partial charge in [-0.3, -0.25) is 9.69 Å². The minimum atomic E-state index is -0.0413. The van der Waals surface area contributed by atoms with Gasteiger partial charge in [-0.15, -0.1) is 0 Å². The van der Waals surface area contributed by atoms with E-state index in [1.165, 1.54) is 0 Å². The van der Waals surface area contributed by atoms with Crippen LogP contribution in [0.3, 0.4) is 0 Å². The minimum absolute atomic E-state index is 0.0413. The molecule has 1 aromatic heterocycles. The molecule has 6 heteroatoms. The summed E-state index contributed by atoms with van der Waals surface area (Å²) in [4.78, 5) is 16.7. The van der Waals surface area contributed by atoms with E-state index in [0.717, 1.165) is 44.9 Å². The maximum absolute atomic E-state index is 12.6. The van der Waals surface area contributed by atoms with E-state index in [9.17, 15) is 4.79 Å². The van der Waals surface area contributed by atoms with Crippen molar-refractivity contribution in [2.45, 2.75) is 32.4 Å². The second-order valence-electron chi connectivity index (χ2n) is 5.81. The van der Waals surface area contributed by atoms with Crippen molar-refractivity contribution >= 4 is 5.91 Å². The quantitative estimate of drug-likeness (QED) is 0.775. The van der Waals surface area contributed by atoms with Crippen LogP contribution in [0.2, 0.25) is 0 Å². The molecule has 1 amide bonds. The van der Waals surface area contributed by atoms with Gasteiger partial charge in [-0.2, -0.15) is 0 Å². The lowest BCUT2D eigenvalue weighted by Crippen LogP contribution is -2.36. The molecule has 0 unspecified atom stereocenters. The Hall–Kier alpha value is -1.66. The molecule has 0 aliphatic carbocycles. The summed E-state index contributed by atoms with van der Waals surface area (Å²) in [5.41, 5.74) is 0.410. The fourth-order valence-electron chi connectivity index (χ4n) is 2.97. The van der Waals surface area contributed by atoms with E-state index in [-0.39, 0.29) is 11.9 Å². The Morgan fingerprint density at radius 2 is 2.23 bits per heavy atom. The van der Waals surface area contributed by atoms with E-state index in [1.54, 1.807) is 6.07 Å². The monoisotopic (exact) mass is 305 g/mol. The average molecular weight is 305 g/mol. The highest BCUT2D eigenvalue weighted by Gasteiger charge is 2.27. The molecule has 0 saturated carbocycles. The lowest BCUT2D eigenvalue weighted by Gasteiger charge is -2.25. The topological polar surface area (TPSA) is 58.8 Å². The summed E-state index contributed by atoms with van der Waals surface area (Å²) < 4.78 is 10.7. The van der Waals surface area contributed by atoms with Crippen molar-refractivity contribution in [3.8, 4) is 0 Å². The first-order valence-corrected chi connectivity index (χ1v) is 8.01. The molecule has 120 valence electrons. The molecule has 22 heavy (non-hydrogen) atoms. The SMILES string of the molecule is CCC[C@H]1C=CCN1C(=O)c1cc(CN2CCOCC2)on1. The highest BCUT2D eigenvalue weighted by molar-refractivity contribution is 5.93. The highest BCUT2D eigenvalue weighted by Crippen LogP contribution is 2.19. The molecule has 2 aliphatic heterocycles. The van der Waals surface area contributed by atoms with Crippen LogP contribution in [-0.4, -0.2) is 59.8 Å². The number of rotatable bonds is 5. The van der Waals surface area contributed by atoms with Crippen molar-refractivity contribution in [2.24, 2.45) is 0 Å². The summed E-state index contributed by atoms with van der Waals surface area (Å²) >= 11 is 0. The molecule has 2 aliphatic rings. The molecule has 0 radical (unpaired) electrons. The number of carbonyl (C=O) groups excluding carboxylic acids is 1. The number of ether oxygens (including phenoxy) is 1. The van der Waals surface area contributed by atoms with Crippen LogP contribution in [-0.2, 0) is 11.3 Å². The fourth-order valence-corrected chi connectivity index (χ4v) is 2.97. The third kappa shape index (κ3) is 3.39. The number of nitrogens with zero attached hydrogens (tertiary/aromatic N) is 3. The van der Waals surface area contributed by atoms with E-state index in [1.807, 2.05) is 11.0 Å². The summed E-state index contributed by atoms with van der Waals surface area (Å²) in [7, 11) is 0. The summed E-state index contributed by atoms with van der Waals surface area (Å²) in [5, 5.41) is 3.97. The number of hydrogen-bond acceptors (Lipinski definition) is 5. The zero-order valence-corrected chi connectivity index (χ0v) is 13.0. The van der Waals surface area contributed by atoms with Gasteiger partial charge in [0.05, 0.1) is 25.8 Å². The lowest BCUT2D eigenvalue weighted by molar-refractivity contribution is 0.0305. The van der Waals surface area contributed by atoms with Crippen LogP contribution < -0.4 is 0 Å². The van der Waals surface area contributed by atoms with Crippen molar-refractivity contribution < 1.29 is 14.1 Å². The first-order chi connectivity index (χ1) is 10.8. The van der Waals surface area contributed by atoms with Crippen LogP contribution in [0.1, 0.15) is 36.0 Å². The Balaban J connectivity index is 1.61. The highest BCUT2D eigenvalue weighted by atomic mass is 16.5. The average Bonchev–Trinajstić information content (AvgIpc) is 3.18. The fraction of sp³-hybridized carbons (Fsp3) is 0.625. The van der Waals surface area contributed by atoms with Crippen LogP contribution >= 0.6 is 0 Å². The standard InChI is InChI=1S/C16H23N3O3/c1-2-4-13-5-3-6-19(13)16(20)15-11-14(22-17-15)12-18-7-9-21-10-8-18/h3,5,11,13H,2,4,6-10,12H2,1H3/t13-/m0/s1. The van der Waals surface area contributed by atoms with Gasteiger partial charge in [-0.05, 0) is 6.42 Å². The Morgan fingerprint density at radius 1 is 1.41 bits per heavy atom. The molecule has 0 aromatic carbocycles. The zero-order chi connectivity index (χ0) is 15.4. The smallest absolute Gasteiger partial charge is 0.276 e. The van der Waals surface area contributed by atoms with Crippen molar-refractivity contribution in [3.05, 3.63) is 29.7 Å². The van der Waals surface area contributed by atoms with E-state index in [4.69, 9.17) is 9.26 Å². The second-order valence-corrected chi connectivity index (χ2v) is 5.81.